The fraction of sp³-hybridized carbons (Fsp3) is 0.222. The van der Waals surface area contributed by atoms with Crippen LogP contribution >= 0.6 is 11.6 Å². The zero-order chi connectivity index (χ0) is 18.6. The number of ether oxygens (including phenoxy) is 2. The van der Waals surface area contributed by atoms with Crippen molar-refractivity contribution >= 4 is 29.2 Å². The second kappa shape index (κ2) is 7.98. The summed E-state index contributed by atoms with van der Waals surface area (Å²) in [5, 5.41) is 2.97. The maximum absolute atomic E-state index is 13.8. The molecule has 0 unspecified atom stereocenters. The van der Waals surface area contributed by atoms with Crippen LogP contribution in [0.15, 0.2) is 30.3 Å². The normalized spacial score (nSPS) is 10.3. The van der Waals surface area contributed by atoms with Gasteiger partial charge in [0.25, 0.3) is 5.91 Å². The molecule has 1 amide bonds. The zero-order valence-corrected chi connectivity index (χ0v) is 14.7. The minimum absolute atomic E-state index is 0.274. The van der Waals surface area contributed by atoms with E-state index in [1.54, 1.807) is 13.0 Å². The van der Waals surface area contributed by atoms with Crippen LogP contribution in [-0.4, -0.2) is 25.6 Å². The molecular weight excluding hydrogens is 349 g/mol. The number of aryl methyl sites for hydroxylation is 2. The Kier molecular flexibility index (Phi) is 5.98. The first-order chi connectivity index (χ1) is 11.8. The molecule has 0 radical (unpaired) electrons. The first-order valence-corrected chi connectivity index (χ1v) is 7.77. The predicted molar refractivity (Wildman–Crippen MR) is 92.8 cm³/mol. The Hall–Kier alpha value is -2.60. The molecule has 2 aromatic carbocycles. The summed E-state index contributed by atoms with van der Waals surface area (Å²) in [6, 6.07) is 7.29. The van der Waals surface area contributed by atoms with Crippen molar-refractivity contribution in [2.45, 2.75) is 13.8 Å². The summed E-state index contributed by atoms with van der Waals surface area (Å²) in [6.07, 6.45) is 0. The highest BCUT2D eigenvalue weighted by atomic mass is 35.5. The van der Waals surface area contributed by atoms with Gasteiger partial charge in [-0.25, -0.2) is 9.18 Å². The van der Waals surface area contributed by atoms with E-state index in [0.717, 1.165) is 17.2 Å². The third kappa shape index (κ3) is 4.70. The number of rotatable bonds is 5. The van der Waals surface area contributed by atoms with Gasteiger partial charge in [0.05, 0.1) is 23.4 Å². The Bertz CT molecular complexity index is 800. The summed E-state index contributed by atoms with van der Waals surface area (Å²) in [5.74, 6) is -2.03. The number of halogens is 2. The summed E-state index contributed by atoms with van der Waals surface area (Å²) in [5.41, 5.74) is 1.91. The molecule has 0 saturated heterocycles. The largest absolute Gasteiger partial charge is 0.497 e. The van der Waals surface area contributed by atoms with E-state index in [1.807, 2.05) is 13.0 Å². The van der Waals surface area contributed by atoms with Crippen LogP contribution in [0.4, 0.5) is 10.1 Å². The van der Waals surface area contributed by atoms with E-state index in [1.165, 1.54) is 19.2 Å². The lowest BCUT2D eigenvalue weighted by Gasteiger charge is -2.12. The van der Waals surface area contributed by atoms with E-state index in [2.05, 4.69) is 5.32 Å². The van der Waals surface area contributed by atoms with Gasteiger partial charge in [-0.15, -0.1) is 0 Å². The molecule has 0 spiro atoms. The van der Waals surface area contributed by atoms with E-state index in [9.17, 15) is 14.0 Å². The van der Waals surface area contributed by atoms with Gasteiger partial charge >= 0.3 is 5.97 Å². The maximum atomic E-state index is 13.8. The van der Waals surface area contributed by atoms with E-state index in [-0.39, 0.29) is 11.3 Å². The number of anilines is 1. The summed E-state index contributed by atoms with van der Waals surface area (Å²) >= 11 is 6.10. The van der Waals surface area contributed by atoms with E-state index in [4.69, 9.17) is 21.1 Å². The number of hydrogen-bond acceptors (Lipinski definition) is 4. The van der Waals surface area contributed by atoms with Gasteiger partial charge in [-0.2, -0.15) is 0 Å². The van der Waals surface area contributed by atoms with Crippen LogP contribution < -0.4 is 10.1 Å². The second-order valence-electron chi connectivity index (χ2n) is 5.41. The molecule has 5 nitrogen and oxygen atoms in total. The van der Waals surface area contributed by atoms with Crippen LogP contribution in [0.3, 0.4) is 0 Å². The molecule has 0 atom stereocenters. The van der Waals surface area contributed by atoms with Crippen molar-refractivity contribution in [3.8, 4) is 5.75 Å². The highest BCUT2D eigenvalue weighted by molar-refractivity contribution is 6.34. The van der Waals surface area contributed by atoms with Crippen molar-refractivity contribution in [2.75, 3.05) is 19.0 Å². The number of esters is 1. The SMILES string of the molecule is COc1ccc(C(=O)OCC(=O)Nc2c(C)cc(C)cc2Cl)c(F)c1. The quantitative estimate of drug-likeness (QED) is 0.816. The molecule has 0 aliphatic carbocycles. The van der Waals surface area contributed by atoms with Crippen LogP contribution in [0.2, 0.25) is 5.02 Å². The molecule has 0 aliphatic rings. The minimum Gasteiger partial charge on any atom is -0.497 e. The van der Waals surface area contributed by atoms with E-state index >= 15 is 0 Å². The number of carbonyl (C=O) groups excluding carboxylic acids is 2. The first kappa shape index (κ1) is 18.7. The standard InChI is InChI=1S/C18H17ClFNO4/c1-10-6-11(2)17(14(19)7-10)21-16(22)9-25-18(23)13-5-4-12(24-3)8-15(13)20/h4-8H,9H2,1-3H3,(H,21,22). The summed E-state index contributed by atoms with van der Waals surface area (Å²) < 4.78 is 23.5. The van der Waals surface area contributed by atoms with Crippen molar-refractivity contribution in [1.29, 1.82) is 0 Å². The molecule has 2 rings (SSSR count). The van der Waals surface area contributed by atoms with Gasteiger partial charge in [-0.05, 0) is 43.2 Å². The molecule has 0 heterocycles. The Morgan fingerprint density at radius 2 is 1.92 bits per heavy atom. The minimum atomic E-state index is -0.943. The number of nitrogens with one attached hydrogen (secondary N) is 1. The highest BCUT2D eigenvalue weighted by Crippen LogP contribution is 2.27. The van der Waals surface area contributed by atoms with Crippen LogP contribution in [0, 0.1) is 19.7 Å². The predicted octanol–water partition coefficient (Wildman–Crippen LogP) is 3.90. The van der Waals surface area contributed by atoms with Crippen LogP contribution in [0.25, 0.3) is 0 Å². The molecule has 7 heteroatoms. The third-order valence-corrected chi connectivity index (χ3v) is 3.72. The van der Waals surface area contributed by atoms with Crippen LogP contribution in [-0.2, 0) is 9.53 Å². The van der Waals surface area contributed by atoms with E-state index < -0.39 is 24.3 Å². The van der Waals surface area contributed by atoms with E-state index in [0.29, 0.717) is 10.7 Å². The Morgan fingerprint density at radius 3 is 2.52 bits per heavy atom. The van der Waals surface area contributed by atoms with Crippen molar-refractivity contribution in [3.05, 3.63) is 57.9 Å². The maximum Gasteiger partial charge on any atom is 0.341 e. The Balaban J connectivity index is 1.99. The molecule has 0 aliphatic heterocycles. The fourth-order valence-electron chi connectivity index (χ4n) is 2.25. The Labute approximate surface area is 149 Å². The molecule has 25 heavy (non-hydrogen) atoms. The summed E-state index contributed by atoms with van der Waals surface area (Å²) in [7, 11) is 1.38. The number of benzene rings is 2. The third-order valence-electron chi connectivity index (χ3n) is 3.43. The van der Waals surface area contributed by atoms with Gasteiger partial charge in [0, 0.05) is 6.07 Å². The zero-order valence-electron chi connectivity index (χ0n) is 14.0. The smallest absolute Gasteiger partial charge is 0.341 e. The van der Waals surface area contributed by atoms with Gasteiger partial charge in [0.1, 0.15) is 11.6 Å². The van der Waals surface area contributed by atoms with Gasteiger partial charge in [-0.3, -0.25) is 4.79 Å². The van der Waals surface area contributed by atoms with Crippen molar-refractivity contribution in [1.82, 2.24) is 0 Å². The highest BCUT2D eigenvalue weighted by Gasteiger charge is 2.16. The van der Waals surface area contributed by atoms with Gasteiger partial charge in [-0.1, -0.05) is 17.7 Å². The van der Waals surface area contributed by atoms with Crippen molar-refractivity contribution < 1.29 is 23.5 Å². The number of methoxy groups -OCH3 is 1. The summed E-state index contributed by atoms with van der Waals surface area (Å²) in [6.45, 7) is 3.12. The molecule has 0 bridgehead atoms. The second-order valence-corrected chi connectivity index (χ2v) is 5.82. The van der Waals surface area contributed by atoms with Crippen LogP contribution in [0.1, 0.15) is 21.5 Å². The first-order valence-electron chi connectivity index (χ1n) is 7.39. The molecule has 2 aromatic rings. The summed E-state index contributed by atoms with van der Waals surface area (Å²) in [4.78, 5) is 23.9. The Morgan fingerprint density at radius 1 is 1.20 bits per heavy atom. The molecule has 0 aromatic heterocycles. The molecule has 0 fully saturated rings. The monoisotopic (exact) mass is 365 g/mol. The molecular formula is C18H17ClFNO4. The van der Waals surface area contributed by atoms with Gasteiger partial charge in [0.2, 0.25) is 0 Å². The van der Waals surface area contributed by atoms with Crippen molar-refractivity contribution in [2.24, 2.45) is 0 Å². The lowest BCUT2D eigenvalue weighted by atomic mass is 10.1. The van der Waals surface area contributed by atoms with Gasteiger partial charge in [0.15, 0.2) is 6.61 Å². The topological polar surface area (TPSA) is 64.6 Å². The number of hydrogen-bond donors (Lipinski definition) is 1. The lowest BCUT2D eigenvalue weighted by molar-refractivity contribution is -0.119. The molecule has 1 N–H and O–H groups in total. The lowest BCUT2D eigenvalue weighted by Crippen LogP contribution is -2.22. The molecule has 0 saturated carbocycles. The average Bonchev–Trinajstić information content (AvgIpc) is 2.55. The number of amides is 1. The number of carbonyl (C=O) groups is 2. The molecule has 132 valence electrons. The average molecular weight is 366 g/mol. The van der Waals surface area contributed by atoms with Gasteiger partial charge < -0.3 is 14.8 Å². The van der Waals surface area contributed by atoms with Crippen LogP contribution in [0.5, 0.6) is 5.75 Å². The van der Waals surface area contributed by atoms with Crippen molar-refractivity contribution in [3.63, 3.8) is 0 Å². The fourth-order valence-corrected chi connectivity index (χ4v) is 2.62.